The van der Waals surface area contributed by atoms with E-state index in [0.29, 0.717) is 30.1 Å². The molecule has 1 amide bonds. The van der Waals surface area contributed by atoms with E-state index < -0.39 is 5.41 Å². The van der Waals surface area contributed by atoms with Gasteiger partial charge in [0.05, 0.1) is 27.8 Å². The molecule has 0 saturated carbocycles. The van der Waals surface area contributed by atoms with Crippen molar-refractivity contribution in [2.45, 2.75) is 51.6 Å². The first kappa shape index (κ1) is 17.3. The SMILES string of the molecule is CCOC(=O)[C@@]1(CC)C[C@H]2CC[C@@H]1N2C(=O)c1cccc2nc(N)sc12. The van der Waals surface area contributed by atoms with Crippen LogP contribution in [0.2, 0.25) is 0 Å². The van der Waals surface area contributed by atoms with Crippen molar-refractivity contribution in [3.8, 4) is 0 Å². The number of aromatic nitrogens is 1. The number of esters is 1. The minimum atomic E-state index is -0.574. The number of fused-ring (bicyclic) bond motifs is 3. The van der Waals surface area contributed by atoms with E-state index in [2.05, 4.69) is 4.98 Å². The van der Waals surface area contributed by atoms with Gasteiger partial charge in [-0.2, -0.15) is 0 Å². The number of nitrogens with zero attached hydrogens (tertiary/aromatic N) is 2. The van der Waals surface area contributed by atoms with Crippen LogP contribution >= 0.6 is 11.3 Å². The van der Waals surface area contributed by atoms with Crippen LogP contribution in [0.5, 0.6) is 0 Å². The van der Waals surface area contributed by atoms with Gasteiger partial charge in [-0.1, -0.05) is 24.3 Å². The Morgan fingerprint density at radius 2 is 2.19 bits per heavy atom. The standard InChI is InChI=1S/C19H23N3O3S/c1-3-19(17(24)25-4-2)10-11-8-9-14(19)22(11)16(23)12-6-5-7-13-15(12)26-18(20)21-13/h5-7,11,14H,3-4,8-10H2,1-2H3,(H2,20,21)/t11-,14+,19+/m1/s1. The molecule has 6 nitrogen and oxygen atoms in total. The lowest BCUT2D eigenvalue weighted by Gasteiger charge is -2.34. The predicted octanol–water partition coefficient (Wildman–Crippen LogP) is 3.21. The van der Waals surface area contributed by atoms with Crippen molar-refractivity contribution >= 4 is 38.6 Å². The first-order valence-electron chi connectivity index (χ1n) is 9.16. The van der Waals surface area contributed by atoms with Gasteiger partial charge in [-0.15, -0.1) is 0 Å². The number of nitrogen functional groups attached to an aromatic ring is 1. The molecule has 0 radical (unpaired) electrons. The van der Waals surface area contributed by atoms with Crippen LogP contribution in [0.3, 0.4) is 0 Å². The summed E-state index contributed by atoms with van der Waals surface area (Å²) in [5.41, 5.74) is 6.64. The van der Waals surface area contributed by atoms with Gasteiger partial charge in [0.25, 0.3) is 5.91 Å². The molecule has 138 valence electrons. The van der Waals surface area contributed by atoms with Gasteiger partial charge in [0.1, 0.15) is 0 Å². The number of thiazole rings is 1. The summed E-state index contributed by atoms with van der Waals surface area (Å²) in [5.74, 6) is -0.181. The van der Waals surface area contributed by atoms with Crippen LogP contribution in [-0.2, 0) is 9.53 Å². The smallest absolute Gasteiger partial charge is 0.314 e. The molecule has 7 heteroatoms. The van der Waals surface area contributed by atoms with Crippen LogP contribution in [0, 0.1) is 5.41 Å². The van der Waals surface area contributed by atoms with Gasteiger partial charge < -0.3 is 15.4 Å². The highest BCUT2D eigenvalue weighted by molar-refractivity contribution is 7.22. The van der Waals surface area contributed by atoms with Crippen LogP contribution in [0.1, 0.15) is 49.9 Å². The molecule has 2 fully saturated rings. The second-order valence-corrected chi connectivity index (χ2v) is 8.13. The molecule has 2 aliphatic heterocycles. The minimum Gasteiger partial charge on any atom is -0.466 e. The van der Waals surface area contributed by atoms with E-state index in [9.17, 15) is 9.59 Å². The Hall–Kier alpha value is -2.15. The highest BCUT2D eigenvalue weighted by Crippen LogP contribution is 2.53. The monoisotopic (exact) mass is 373 g/mol. The molecule has 26 heavy (non-hydrogen) atoms. The van der Waals surface area contributed by atoms with Gasteiger partial charge in [-0.25, -0.2) is 4.98 Å². The highest BCUT2D eigenvalue weighted by Gasteiger charge is 2.61. The van der Waals surface area contributed by atoms with Gasteiger partial charge in [0.15, 0.2) is 5.13 Å². The number of hydrogen-bond acceptors (Lipinski definition) is 6. The Kier molecular flexibility index (Phi) is 4.14. The zero-order chi connectivity index (χ0) is 18.5. The molecule has 1 aromatic carbocycles. The summed E-state index contributed by atoms with van der Waals surface area (Å²) >= 11 is 1.34. The van der Waals surface area contributed by atoms with Crippen molar-refractivity contribution in [1.82, 2.24) is 9.88 Å². The Bertz CT molecular complexity index is 880. The van der Waals surface area contributed by atoms with Crippen molar-refractivity contribution in [1.29, 1.82) is 0 Å². The maximum absolute atomic E-state index is 13.4. The molecule has 2 bridgehead atoms. The maximum atomic E-state index is 13.4. The van der Waals surface area contributed by atoms with E-state index in [1.54, 1.807) is 0 Å². The number of rotatable bonds is 4. The summed E-state index contributed by atoms with van der Waals surface area (Å²) in [6, 6.07) is 5.54. The number of carbonyl (C=O) groups excluding carboxylic acids is 2. The van der Waals surface area contributed by atoms with Gasteiger partial charge in [-0.3, -0.25) is 9.59 Å². The fourth-order valence-electron chi connectivity index (χ4n) is 4.78. The second-order valence-electron chi connectivity index (χ2n) is 7.10. The number of nitrogens with two attached hydrogens (primary N) is 1. The third-order valence-electron chi connectivity index (χ3n) is 5.95. The van der Waals surface area contributed by atoms with Crippen LogP contribution in [0.25, 0.3) is 10.2 Å². The number of carbonyl (C=O) groups is 2. The van der Waals surface area contributed by atoms with Crippen LogP contribution in [-0.4, -0.2) is 40.5 Å². The lowest BCUT2D eigenvalue weighted by Crippen LogP contribution is -2.45. The first-order chi connectivity index (χ1) is 12.5. The van der Waals surface area contributed by atoms with Gasteiger partial charge in [-0.05, 0) is 44.7 Å². The molecule has 2 aliphatic rings. The Labute approximate surface area is 156 Å². The van der Waals surface area contributed by atoms with Crippen molar-refractivity contribution in [2.24, 2.45) is 5.41 Å². The molecule has 3 atom stereocenters. The fourth-order valence-corrected chi connectivity index (χ4v) is 5.62. The zero-order valence-corrected chi connectivity index (χ0v) is 15.8. The van der Waals surface area contributed by atoms with Gasteiger partial charge in [0, 0.05) is 12.1 Å². The van der Waals surface area contributed by atoms with Gasteiger partial charge in [0.2, 0.25) is 0 Å². The summed E-state index contributed by atoms with van der Waals surface area (Å²) in [7, 11) is 0. The van der Waals surface area contributed by atoms with Gasteiger partial charge >= 0.3 is 5.97 Å². The normalized spacial score (nSPS) is 27.2. The number of hydrogen-bond donors (Lipinski definition) is 1. The highest BCUT2D eigenvalue weighted by atomic mass is 32.1. The average molecular weight is 373 g/mol. The quantitative estimate of drug-likeness (QED) is 0.832. The summed E-state index contributed by atoms with van der Waals surface area (Å²) in [4.78, 5) is 32.4. The lowest BCUT2D eigenvalue weighted by atomic mass is 9.72. The molecular weight excluding hydrogens is 350 g/mol. The van der Waals surface area contributed by atoms with E-state index in [-0.39, 0.29) is 24.0 Å². The number of ether oxygens (including phenoxy) is 1. The third kappa shape index (κ3) is 2.33. The van der Waals surface area contributed by atoms with Crippen LogP contribution < -0.4 is 5.73 Å². The largest absolute Gasteiger partial charge is 0.466 e. The number of amides is 1. The average Bonchev–Trinajstić information content (AvgIpc) is 3.30. The maximum Gasteiger partial charge on any atom is 0.314 e. The molecule has 0 unspecified atom stereocenters. The zero-order valence-electron chi connectivity index (χ0n) is 15.0. The van der Waals surface area contributed by atoms with E-state index in [1.807, 2.05) is 36.9 Å². The van der Waals surface area contributed by atoms with E-state index in [4.69, 9.17) is 10.5 Å². The summed E-state index contributed by atoms with van der Waals surface area (Å²) in [6.45, 7) is 4.21. The van der Waals surface area contributed by atoms with E-state index in [0.717, 1.165) is 23.1 Å². The molecule has 1 aromatic heterocycles. The molecule has 3 heterocycles. The van der Waals surface area contributed by atoms with Crippen LogP contribution in [0.4, 0.5) is 5.13 Å². The molecule has 4 rings (SSSR count). The molecule has 2 N–H and O–H groups in total. The summed E-state index contributed by atoms with van der Waals surface area (Å²) in [5, 5.41) is 0.457. The second kappa shape index (κ2) is 6.23. The van der Waals surface area contributed by atoms with Crippen molar-refractivity contribution in [3.63, 3.8) is 0 Å². The molecule has 2 saturated heterocycles. The third-order valence-corrected chi connectivity index (χ3v) is 6.88. The number of anilines is 1. The van der Waals surface area contributed by atoms with Crippen molar-refractivity contribution in [2.75, 3.05) is 12.3 Å². The van der Waals surface area contributed by atoms with Crippen molar-refractivity contribution in [3.05, 3.63) is 23.8 Å². The van der Waals surface area contributed by atoms with Crippen molar-refractivity contribution < 1.29 is 14.3 Å². The molecule has 2 aromatic rings. The molecule has 0 spiro atoms. The van der Waals surface area contributed by atoms with E-state index in [1.165, 1.54) is 11.3 Å². The van der Waals surface area contributed by atoms with E-state index >= 15 is 0 Å². The molecular formula is C19H23N3O3S. The fraction of sp³-hybridized carbons (Fsp3) is 0.526. The topological polar surface area (TPSA) is 85.5 Å². The Morgan fingerprint density at radius 3 is 2.92 bits per heavy atom. The predicted molar refractivity (Wildman–Crippen MR) is 101 cm³/mol. The molecule has 0 aliphatic carbocycles. The van der Waals surface area contributed by atoms with Crippen LogP contribution in [0.15, 0.2) is 18.2 Å². The number of benzene rings is 1. The minimum absolute atomic E-state index is 0.0219. The Morgan fingerprint density at radius 1 is 1.38 bits per heavy atom. The summed E-state index contributed by atoms with van der Waals surface area (Å²) in [6.07, 6.45) is 3.18. The first-order valence-corrected chi connectivity index (χ1v) is 9.98. The summed E-state index contributed by atoms with van der Waals surface area (Å²) < 4.78 is 6.20. The lowest BCUT2D eigenvalue weighted by molar-refractivity contribution is -0.157. The Balaban J connectivity index is 1.72.